The number of fused-ring (bicyclic) bond motifs is 2. The number of amides is 1. The van der Waals surface area contributed by atoms with Gasteiger partial charge in [-0.2, -0.15) is 0 Å². The van der Waals surface area contributed by atoms with E-state index >= 15 is 0 Å². The Kier molecular flexibility index (Phi) is 4.90. The fraction of sp³-hybridized carbons (Fsp3) is 0.632. The van der Waals surface area contributed by atoms with Gasteiger partial charge in [0.2, 0.25) is 5.91 Å². The first-order chi connectivity index (χ1) is 11.1. The van der Waals surface area contributed by atoms with Crippen LogP contribution in [0, 0.1) is 17.8 Å². The van der Waals surface area contributed by atoms with E-state index in [1.807, 2.05) is 31.2 Å². The maximum atomic E-state index is 12.7. The molecule has 1 aromatic rings. The molecule has 2 saturated carbocycles. The molecule has 0 spiro atoms. The standard InChI is InChI=1S/C19H28N2O2/c1-12(13-6-8-17(23-2)9-7-13)21-19(22)16-10-14-4-3-5-15(11-16)18(14)20/h6-9,12,14-16,18H,3-5,10-11,20H2,1-2H3,(H,21,22). The molecule has 3 unspecified atom stereocenters. The smallest absolute Gasteiger partial charge is 0.223 e. The Labute approximate surface area is 138 Å². The van der Waals surface area contributed by atoms with E-state index in [-0.39, 0.29) is 17.9 Å². The normalized spacial score (nSPS) is 31.3. The molecule has 0 saturated heterocycles. The highest BCUT2D eigenvalue weighted by Gasteiger charge is 2.40. The summed E-state index contributed by atoms with van der Waals surface area (Å²) in [5.74, 6) is 2.23. The van der Waals surface area contributed by atoms with Gasteiger partial charge in [-0.15, -0.1) is 0 Å². The van der Waals surface area contributed by atoms with Crippen LogP contribution in [0.4, 0.5) is 0 Å². The summed E-state index contributed by atoms with van der Waals surface area (Å²) in [5.41, 5.74) is 7.43. The lowest BCUT2D eigenvalue weighted by molar-refractivity contribution is -0.128. The molecular weight excluding hydrogens is 288 g/mol. The second kappa shape index (κ2) is 6.91. The number of nitrogens with two attached hydrogens (primary N) is 1. The summed E-state index contributed by atoms with van der Waals surface area (Å²) in [5, 5.41) is 3.19. The Balaban J connectivity index is 1.60. The summed E-state index contributed by atoms with van der Waals surface area (Å²) < 4.78 is 5.18. The average molecular weight is 316 g/mol. The maximum Gasteiger partial charge on any atom is 0.223 e. The summed E-state index contributed by atoms with van der Waals surface area (Å²) in [6.45, 7) is 2.04. The quantitative estimate of drug-likeness (QED) is 0.897. The maximum absolute atomic E-state index is 12.7. The molecule has 0 radical (unpaired) electrons. The van der Waals surface area contributed by atoms with Gasteiger partial charge in [0.05, 0.1) is 13.2 Å². The number of rotatable bonds is 4. The Hall–Kier alpha value is -1.55. The molecule has 0 aliphatic heterocycles. The topological polar surface area (TPSA) is 64.3 Å². The van der Waals surface area contributed by atoms with Crippen LogP contribution < -0.4 is 15.8 Å². The van der Waals surface area contributed by atoms with Crippen LogP contribution in [0.15, 0.2) is 24.3 Å². The Morgan fingerprint density at radius 2 is 1.83 bits per heavy atom. The summed E-state index contributed by atoms with van der Waals surface area (Å²) in [4.78, 5) is 12.7. The summed E-state index contributed by atoms with van der Waals surface area (Å²) in [6.07, 6.45) is 5.57. The van der Waals surface area contributed by atoms with Crippen LogP contribution in [0.2, 0.25) is 0 Å². The van der Waals surface area contributed by atoms with Crippen molar-refractivity contribution in [2.75, 3.05) is 7.11 Å². The van der Waals surface area contributed by atoms with Crippen molar-refractivity contribution >= 4 is 5.91 Å². The molecule has 2 bridgehead atoms. The van der Waals surface area contributed by atoms with Gasteiger partial charge in [-0.3, -0.25) is 4.79 Å². The fourth-order valence-electron chi connectivity index (χ4n) is 4.31. The third-order valence-electron chi connectivity index (χ3n) is 5.76. The summed E-state index contributed by atoms with van der Waals surface area (Å²) >= 11 is 0. The molecule has 3 atom stereocenters. The number of ether oxygens (including phenoxy) is 1. The second-order valence-corrected chi connectivity index (χ2v) is 7.20. The number of hydrogen-bond donors (Lipinski definition) is 2. The first-order valence-corrected chi connectivity index (χ1v) is 8.78. The molecule has 2 fully saturated rings. The van der Waals surface area contributed by atoms with Crippen LogP contribution in [0.1, 0.15) is 50.6 Å². The van der Waals surface area contributed by atoms with E-state index < -0.39 is 0 Å². The molecule has 0 aromatic heterocycles. The van der Waals surface area contributed by atoms with E-state index in [0.29, 0.717) is 17.9 Å². The van der Waals surface area contributed by atoms with Crippen LogP contribution in [0.3, 0.4) is 0 Å². The van der Waals surface area contributed by atoms with Gasteiger partial charge in [-0.05, 0) is 62.1 Å². The van der Waals surface area contributed by atoms with Crippen molar-refractivity contribution in [3.05, 3.63) is 29.8 Å². The minimum atomic E-state index is 0.0175. The zero-order chi connectivity index (χ0) is 16.4. The van der Waals surface area contributed by atoms with Gasteiger partial charge in [0.15, 0.2) is 0 Å². The number of carbonyl (C=O) groups excluding carboxylic acids is 1. The first-order valence-electron chi connectivity index (χ1n) is 8.78. The van der Waals surface area contributed by atoms with Gasteiger partial charge in [0.25, 0.3) is 0 Å². The minimum absolute atomic E-state index is 0.0175. The van der Waals surface area contributed by atoms with Crippen molar-refractivity contribution in [3.8, 4) is 5.75 Å². The van der Waals surface area contributed by atoms with E-state index in [1.165, 1.54) is 19.3 Å². The second-order valence-electron chi connectivity index (χ2n) is 7.20. The van der Waals surface area contributed by atoms with Crippen LogP contribution in [-0.2, 0) is 4.79 Å². The van der Waals surface area contributed by atoms with Crippen molar-refractivity contribution in [2.45, 2.75) is 51.1 Å². The molecule has 3 N–H and O–H groups in total. The van der Waals surface area contributed by atoms with E-state index in [0.717, 1.165) is 24.2 Å². The Morgan fingerprint density at radius 3 is 2.39 bits per heavy atom. The van der Waals surface area contributed by atoms with Crippen molar-refractivity contribution < 1.29 is 9.53 Å². The molecule has 2 aliphatic rings. The SMILES string of the molecule is COc1ccc(C(C)NC(=O)C2CC3CCCC(C2)C3N)cc1. The van der Waals surface area contributed by atoms with Crippen LogP contribution in [0.5, 0.6) is 5.75 Å². The highest BCUT2D eigenvalue weighted by atomic mass is 16.5. The molecular formula is C19H28N2O2. The van der Waals surface area contributed by atoms with Crippen molar-refractivity contribution in [1.82, 2.24) is 5.32 Å². The lowest BCUT2D eigenvalue weighted by Gasteiger charge is -2.43. The predicted molar refractivity (Wildman–Crippen MR) is 91.1 cm³/mol. The Morgan fingerprint density at radius 1 is 1.22 bits per heavy atom. The van der Waals surface area contributed by atoms with Crippen LogP contribution >= 0.6 is 0 Å². The largest absolute Gasteiger partial charge is 0.497 e. The highest BCUT2D eigenvalue weighted by molar-refractivity contribution is 5.79. The van der Waals surface area contributed by atoms with Gasteiger partial charge >= 0.3 is 0 Å². The van der Waals surface area contributed by atoms with E-state index in [2.05, 4.69) is 5.32 Å². The third-order valence-corrected chi connectivity index (χ3v) is 5.76. The van der Waals surface area contributed by atoms with E-state index in [4.69, 9.17) is 10.5 Å². The number of nitrogens with one attached hydrogen (secondary N) is 1. The van der Waals surface area contributed by atoms with Crippen molar-refractivity contribution in [3.63, 3.8) is 0 Å². The molecule has 1 aromatic carbocycles. The van der Waals surface area contributed by atoms with Gasteiger partial charge < -0.3 is 15.8 Å². The van der Waals surface area contributed by atoms with E-state index in [9.17, 15) is 4.79 Å². The first kappa shape index (κ1) is 16.3. The highest BCUT2D eigenvalue weighted by Crippen LogP contribution is 2.42. The van der Waals surface area contributed by atoms with Crippen LogP contribution in [-0.4, -0.2) is 19.1 Å². The summed E-state index contributed by atoms with van der Waals surface area (Å²) in [6, 6.07) is 8.21. The predicted octanol–water partition coefficient (Wildman–Crippen LogP) is 3.03. The Bertz CT molecular complexity index is 529. The van der Waals surface area contributed by atoms with Gasteiger partial charge in [0, 0.05) is 12.0 Å². The van der Waals surface area contributed by atoms with Gasteiger partial charge in [-0.25, -0.2) is 0 Å². The van der Waals surface area contributed by atoms with Crippen LogP contribution in [0.25, 0.3) is 0 Å². The van der Waals surface area contributed by atoms with Crippen molar-refractivity contribution in [1.29, 1.82) is 0 Å². The number of methoxy groups -OCH3 is 1. The molecule has 2 aliphatic carbocycles. The minimum Gasteiger partial charge on any atom is -0.497 e. The number of carbonyl (C=O) groups is 1. The third kappa shape index (κ3) is 3.52. The molecule has 126 valence electrons. The molecule has 23 heavy (non-hydrogen) atoms. The average Bonchev–Trinajstić information content (AvgIpc) is 2.54. The molecule has 1 amide bonds. The van der Waals surface area contributed by atoms with Gasteiger partial charge in [0.1, 0.15) is 5.75 Å². The van der Waals surface area contributed by atoms with Crippen molar-refractivity contribution in [2.24, 2.45) is 23.5 Å². The number of hydrogen-bond acceptors (Lipinski definition) is 3. The monoisotopic (exact) mass is 316 g/mol. The number of benzene rings is 1. The molecule has 4 heteroatoms. The lowest BCUT2D eigenvalue weighted by Crippen LogP contribution is -2.49. The molecule has 3 rings (SSSR count). The van der Waals surface area contributed by atoms with E-state index in [1.54, 1.807) is 7.11 Å². The molecule has 4 nitrogen and oxygen atoms in total. The lowest BCUT2D eigenvalue weighted by atomic mass is 9.65. The zero-order valence-electron chi connectivity index (χ0n) is 14.1. The molecule has 0 heterocycles. The van der Waals surface area contributed by atoms with Gasteiger partial charge in [-0.1, -0.05) is 18.6 Å². The summed E-state index contributed by atoms with van der Waals surface area (Å²) in [7, 11) is 1.66. The zero-order valence-corrected chi connectivity index (χ0v) is 14.1. The fourth-order valence-corrected chi connectivity index (χ4v) is 4.31.